The Balaban J connectivity index is 0.00000380. The van der Waals surface area contributed by atoms with Crippen LogP contribution in [-0.2, 0) is 19.4 Å². The number of ether oxygens (including phenoxy) is 3. The summed E-state index contributed by atoms with van der Waals surface area (Å²) in [6, 6.07) is 8.13. The summed E-state index contributed by atoms with van der Waals surface area (Å²) in [5, 5.41) is 13.1. The first-order valence-corrected chi connectivity index (χ1v) is 13.8. The molecule has 0 bridgehead atoms. The molecule has 4 rings (SSSR count). The SMILES string of the molecule is CCCCCCCCCc1c2[n+](cc3c(OCC)c(OC)ccc13)CCc1cc(OCC)c(O)cc1-2.[Cl-]. The number of hydrogen-bond donors (Lipinski definition) is 1. The van der Waals surface area contributed by atoms with Crippen LogP contribution < -0.4 is 31.2 Å². The maximum Gasteiger partial charge on any atom is 0.216 e. The molecule has 0 unspecified atom stereocenters. The smallest absolute Gasteiger partial charge is 0.216 e. The predicted molar refractivity (Wildman–Crippen MR) is 146 cm³/mol. The maximum atomic E-state index is 10.8. The zero-order valence-corrected chi connectivity index (χ0v) is 23.6. The van der Waals surface area contributed by atoms with Gasteiger partial charge in [-0.05, 0) is 56.5 Å². The third-order valence-electron chi connectivity index (χ3n) is 7.24. The number of aryl methyl sites for hydroxylation is 3. The fourth-order valence-electron chi connectivity index (χ4n) is 5.50. The Morgan fingerprint density at radius 1 is 0.865 bits per heavy atom. The van der Waals surface area contributed by atoms with Crippen molar-refractivity contribution in [2.75, 3.05) is 20.3 Å². The molecule has 202 valence electrons. The average Bonchev–Trinajstić information content (AvgIpc) is 2.88. The van der Waals surface area contributed by atoms with Gasteiger partial charge in [0.15, 0.2) is 35.7 Å². The molecule has 0 spiro atoms. The topological polar surface area (TPSA) is 51.8 Å². The molecule has 0 radical (unpaired) electrons. The van der Waals surface area contributed by atoms with E-state index in [1.165, 1.54) is 60.7 Å². The molecule has 0 atom stereocenters. The second kappa shape index (κ2) is 13.8. The lowest BCUT2D eigenvalue weighted by Crippen LogP contribution is -3.00. The lowest BCUT2D eigenvalue weighted by Gasteiger charge is -2.22. The fourth-order valence-corrected chi connectivity index (χ4v) is 5.50. The van der Waals surface area contributed by atoms with E-state index in [9.17, 15) is 5.11 Å². The van der Waals surface area contributed by atoms with Gasteiger partial charge in [0.1, 0.15) is 0 Å². The van der Waals surface area contributed by atoms with Crippen LogP contribution in [-0.4, -0.2) is 25.4 Å². The van der Waals surface area contributed by atoms with E-state index in [1.807, 2.05) is 32.0 Å². The molecule has 0 amide bonds. The van der Waals surface area contributed by atoms with Crippen LogP contribution in [0.5, 0.6) is 23.0 Å². The van der Waals surface area contributed by atoms with Gasteiger partial charge in [-0.2, -0.15) is 4.57 Å². The van der Waals surface area contributed by atoms with Crippen LogP contribution in [0.25, 0.3) is 22.0 Å². The van der Waals surface area contributed by atoms with E-state index in [1.54, 1.807) is 7.11 Å². The quantitative estimate of drug-likeness (QED) is 0.268. The van der Waals surface area contributed by atoms with Crippen molar-refractivity contribution in [3.63, 3.8) is 0 Å². The van der Waals surface area contributed by atoms with Crippen LogP contribution >= 0.6 is 0 Å². The van der Waals surface area contributed by atoms with E-state index in [0.29, 0.717) is 19.0 Å². The first kappa shape index (κ1) is 28.9. The lowest BCUT2D eigenvalue weighted by molar-refractivity contribution is -0.686. The van der Waals surface area contributed by atoms with Crippen LogP contribution in [0.1, 0.15) is 76.8 Å². The number of phenols is 1. The van der Waals surface area contributed by atoms with E-state index in [-0.39, 0.29) is 18.2 Å². The van der Waals surface area contributed by atoms with Gasteiger partial charge in [0.2, 0.25) is 5.69 Å². The standard InChI is InChI=1S/C31H41NO4.ClH/c1-5-8-9-10-11-12-13-14-24-23-15-16-28(34-4)31(36-7-3)26(23)21-32-18-17-22-19-29(35-6-2)27(33)20-25(22)30(24)32;/h15-16,19-21H,5-14,17-18H2,1-4H3;1H. The largest absolute Gasteiger partial charge is 1.00 e. The lowest BCUT2D eigenvalue weighted by atomic mass is 9.89. The first-order chi connectivity index (χ1) is 17.6. The zero-order valence-electron chi connectivity index (χ0n) is 22.9. The van der Waals surface area contributed by atoms with Gasteiger partial charge >= 0.3 is 0 Å². The highest BCUT2D eigenvalue weighted by Crippen LogP contribution is 2.42. The minimum absolute atomic E-state index is 0. The van der Waals surface area contributed by atoms with E-state index in [0.717, 1.165) is 48.3 Å². The van der Waals surface area contributed by atoms with Crippen molar-refractivity contribution in [1.82, 2.24) is 0 Å². The molecule has 2 heterocycles. The molecular formula is C31H42ClNO4. The summed E-state index contributed by atoms with van der Waals surface area (Å²) < 4.78 is 19.8. The van der Waals surface area contributed by atoms with Crippen molar-refractivity contribution in [3.05, 3.63) is 41.6 Å². The number of phenolic OH excluding ortho intramolecular Hbond substituents is 1. The summed E-state index contributed by atoms with van der Waals surface area (Å²) in [6.45, 7) is 8.22. The molecule has 0 saturated carbocycles. The number of methoxy groups -OCH3 is 1. The van der Waals surface area contributed by atoms with Crippen LogP contribution in [0, 0.1) is 0 Å². The summed E-state index contributed by atoms with van der Waals surface area (Å²) >= 11 is 0. The molecule has 0 fully saturated rings. The van der Waals surface area contributed by atoms with Crippen LogP contribution in [0.15, 0.2) is 30.5 Å². The Labute approximate surface area is 228 Å². The van der Waals surface area contributed by atoms with Crippen molar-refractivity contribution in [3.8, 4) is 34.3 Å². The van der Waals surface area contributed by atoms with Gasteiger partial charge in [0.25, 0.3) is 0 Å². The number of hydrogen-bond acceptors (Lipinski definition) is 4. The number of aromatic nitrogens is 1. The number of aromatic hydroxyl groups is 1. The molecule has 1 aliphatic heterocycles. The van der Waals surface area contributed by atoms with Crippen molar-refractivity contribution >= 4 is 10.8 Å². The minimum Gasteiger partial charge on any atom is -1.00 e. The monoisotopic (exact) mass is 527 g/mol. The molecule has 1 aliphatic rings. The van der Waals surface area contributed by atoms with Crippen molar-refractivity contribution in [2.24, 2.45) is 0 Å². The number of fused-ring (bicyclic) bond motifs is 4. The van der Waals surface area contributed by atoms with Crippen LogP contribution in [0.2, 0.25) is 0 Å². The Morgan fingerprint density at radius 3 is 2.30 bits per heavy atom. The van der Waals surface area contributed by atoms with Gasteiger partial charge in [-0.25, -0.2) is 0 Å². The van der Waals surface area contributed by atoms with Gasteiger partial charge < -0.3 is 31.7 Å². The second-order valence-corrected chi connectivity index (χ2v) is 9.67. The first-order valence-electron chi connectivity index (χ1n) is 13.8. The molecule has 0 aliphatic carbocycles. The summed E-state index contributed by atoms with van der Waals surface area (Å²) in [5.74, 6) is 2.36. The summed E-state index contributed by atoms with van der Waals surface area (Å²) in [4.78, 5) is 0. The van der Waals surface area contributed by atoms with Gasteiger partial charge in [0.05, 0.1) is 31.3 Å². The zero-order chi connectivity index (χ0) is 25.5. The molecule has 0 saturated heterocycles. The number of rotatable bonds is 13. The Morgan fingerprint density at radius 2 is 1.59 bits per heavy atom. The highest BCUT2D eigenvalue weighted by Gasteiger charge is 2.31. The van der Waals surface area contributed by atoms with Gasteiger partial charge in [0, 0.05) is 17.4 Å². The number of nitrogens with zero attached hydrogens (tertiary/aromatic N) is 1. The Bertz CT molecular complexity index is 1190. The van der Waals surface area contributed by atoms with Gasteiger partial charge in [-0.3, -0.25) is 0 Å². The van der Waals surface area contributed by atoms with Gasteiger partial charge in [-0.15, -0.1) is 0 Å². The summed E-state index contributed by atoms with van der Waals surface area (Å²) in [7, 11) is 1.70. The number of pyridine rings is 1. The van der Waals surface area contributed by atoms with E-state index in [4.69, 9.17) is 14.2 Å². The second-order valence-electron chi connectivity index (χ2n) is 9.67. The average molecular weight is 528 g/mol. The number of halogens is 1. The Kier molecular flexibility index (Phi) is 10.7. The van der Waals surface area contributed by atoms with E-state index < -0.39 is 0 Å². The highest BCUT2D eigenvalue weighted by atomic mass is 35.5. The Hall–Kier alpha value is -2.66. The summed E-state index contributed by atoms with van der Waals surface area (Å²) in [5.41, 5.74) is 4.88. The molecule has 6 heteroatoms. The minimum atomic E-state index is 0. The molecule has 2 aromatic carbocycles. The number of unbranched alkanes of at least 4 members (excludes halogenated alkanes) is 6. The van der Waals surface area contributed by atoms with Gasteiger partial charge in [-0.1, -0.05) is 45.4 Å². The molecular weight excluding hydrogens is 486 g/mol. The predicted octanol–water partition coefficient (Wildman–Crippen LogP) is 4.16. The third kappa shape index (κ3) is 6.26. The molecule has 1 aromatic heterocycles. The van der Waals surface area contributed by atoms with Crippen molar-refractivity contribution in [1.29, 1.82) is 0 Å². The van der Waals surface area contributed by atoms with E-state index >= 15 is 0 Å². The maximum absolute atomic E-state index is 10.8. The molecule has 1 N–H and O–H groups in total. The normalized spacial score (nSPS) is 12.0. The molecule has 3 aromatic rings. The third-order valence-corrected chi connectivity index (χ3v) is 7.24. The number of benzene rings is 2. The molecule has 5 nitrogen and oxygen atoms in total. The highest BCUT2D eigenvalue weighted by molar-refractivity contribution is 5.95. The van der Waals surface area contributed by atoms with Crippen LogP contribution in [0.3, 0.4) is 0 Å². The van der Waals surface area contributed by atoms with Crippen molar-refractivity contribution < 1.29 is 36.3 Å². The van der Waals surface area contributed by atoms with E-state index in [2.05, 4.69) is 23.8 Å². The van der Waals surface area contributed by atoms with Crippen molar-refractivity contribution in [2.45, 2.75) is 85.1 Å². The van der Waals surface area contributed by atoms with Crippen LogP contribution in [0.4, 0.5) is 0 Å². The summed E-state index contributed by atoms with van der Waals surface area (Å²) in [6.07, 6.45) is 13.0. The fraction of sp³-hybridized carbons (Fsp3) is 0.516. The molecule has 37 heavy (non-hydrogen) atoms.